The van der Waals surface area contributed by atoms with Crippen LogP contribution in [0.1, 0.15) is 52.8 Å². The summed E-state index contributed by atoms with van der Waals surface area (Å²) >= 11 is 0. The standard InChI is InChI=1S/C18H21NO7/c1-25-15(21)11-5-6-12(16(22)26-2)13(9-11)19-14(20)10-18(17(23)24)7-3-4-8-18/h5-6,9H,3-4,7-8,10H2,1-2H3,(H,19,20)(H,23,24). The Morgan fingerprint density at radius 2 is 1.69 bits per heavy atom. The molecule has 26 heavy (non-hydrogen) atoms. The van der Waals surface area contributed by atoms with E-state index in [1.54, 1.807) is 0 Å². The van der Waals surface area contributed by atoms with Crippen LogP contribution in [0.4, 0.5) is 5.69 Å². The maximum atomic E-state index is 12.4. The number of hydrogen-bond donors (Lipinski definition) is 2. The summed E-state index contributed by atoms with van der Waals surface area (Å²) in [7, 11) is 2.41. The molecule has 8 heteroatoms. The third-order valence-electron chi connectivity index (χ3n) is 4.63. The highest BCUT2D eigenvalue weighted by atomic mass is 16.5. The number of carboxylic acids is 1. The summed E-state index contributed by atoms with van der Waals surface area (Å²) in [5.74, 6) is -2.86. The molecule has 8 nitrogen and oxygen atoms in total. The number of rotatable bonds is 6. The summed E-state index contributed by atoms with van der Waals surface area (Å²) in [6, 6.07) is 4.03. The highest BCUT2D eigenvalue weighted by molar-refractivity contribution is 6.04. The van der Waals surface area contributed by atoms with E-state index in [1.165, 1.54) is 32.4 Å². The maximum Gasteiger partial charge on any atom is 0.339 e. The number of methoxy groups -OCH3 is 2. The number of amides is 1. The van der Waals surface area contributed by atoms with Crippen molar-refractivity contribution in [3.63, 3.8) is 0 Å². The van der Waals surface area contributed by atoms with Gasteiger partial charge in [0.25, 0.3) is 0 Å². The van der Waals surface area contributed by atoms with Crippen molar-refractivity contribution in [2.24, 2.45) is 5.41 Å². The van der Waals surface area contributed by atoms with Crippen molar-refractivity contribution < 1.29 is 33.8 Å². The summed E-state index contributed by atoms with van der Waals surface area (Å²) in [5, 5.41) is 12.0. The molecule has 1 saturated carbocycles. The molecule has 1 aromatic rings. The van der Waals surface area contributed by atoms with Gasteiger partial charge < -0.3 is 19.9 Å². The molecule has 0 heterocycles. The lowest BCUT2D eigenvalue weighted by atomic mass is 9.82. The molecule has 1 amide bonds. The Bertz CT molecular complexity index is 735. The van der Waals surface area contributed by atoms with Crippen LogP contribution in [0.15, 0.2) is 18.2 Å². The number of nitrogens with one attached hydrogen (secondary N) is 1. The van der Waals surface area contributed by atoms with Crippen LogP contribution in [0.3, 0.4) is 0 Å². The second-order valence-corrected chi connectivity index (χ2v) is 6.26. The quantitative estimate of drug-likeness (QED) is 0.744. The largest absolute Gasteiger partial charge is 0.481 e. The predicted molar refractivity (Wildman–Crippen MR) is 90.9 cm³/mol. The van der Waals surface area contributed by atoms with Crippen LogP contribution in [-0.2, 0) is 19.1 Å². The van der Waals surface area contributed by atoms with Crippen LogP contribution in [0.5, 0.6) is 0 Å². The van der Waals surface area contributed by atoms with Crippen molar-refractivity contribution in [3.05, 3.63) is 29.3 Å². The minimum absolute atomic E-state index is 0.0595. The molecule has 0 aromatic heterocycles. The molecular formula is C18H21NO7. The smallest absolute Gasteiger partial charge is 0.339 e. The lowest BCUT2D eigenvalue weighted by Gasteiger charge is -2.23. The molecule has 1 fully saturated rings. The first kappa shape index (κ1) is 19.4. The maximum absolute atomic E-state index is 12.4. The normalized spacial score (nSPS) is 15.2. The molecule has 140 valence electrons. The minimum Gasteiger partial charge on any atom is -0.481 e. The van der Waals surface area contributed by atoms with Crippen molar-refractivity contribution in [1.82, 2.24) is 0 Å². The number of anilines is 1. The van der Waals surface area contributed by atoms with Gasteiger partial charge in [-0.15, -0.1) is 0 Å². The number of hydrogen-bond acceptors (Lipinski definition) is 6. The van der Waals surface area contributed by atoms with Crippen LogP contribution in [0, 0.1) is 5.41 Å². The molecule has 0 spiro atoms. The first-order chi connectivity index (χ1) is 12.3. The van der Waals surface area contributed by atoms with E-state index in [1.807, 2.05) is 0 Å². The average Bonchev–Trinajstić information content (AvgIpc) is 3.10. The molecule has 2 rings (SSSR count). The molecule has 2 N–H and O–H groups in total. The van der Waals surface area contributed by atoms with Gasteiger partial charge in [0, 0.05) is 6.42 Å². The average molecular weight is 363 g/mol. The Hall–Kier alpha value is -2.90. The van der Waals surface area contributed by atoms with E-state index in [0.717, 1.165) is 12.8 Å². The van der Waals surface area contributed by atoms with Gasteiger partial charge in [0.1, 0.15) is 0 Å². The molecule has 1 aliphatic rings. The second kappa shape index (κ2) is 7.99. The fourth-order valence-electron chi connectivity index (χ4n) is 3.20. The Kier molecular flexibility index (Phi) is 5.97. The highest BCUT2D eigenvalue weighted by Crippen LogP contribution is 2.41. The molecule has 0 aliphatic heterocycles. The molecule has 0 radical (unpaired) electrons. The lowest BCUT2D eigenvalue weighted by molar-refractivity contribution is -0.150. The number of benzene rings is 1. The van der Waals surface area contributed by atoms with Gasteiger partial charge in [-0.25, -0.2) is 9.59 Å². The number of aliphatic carboxylic acids is 1. The molecule has 0 bridgehead atoms. The number of carboxylic acid groups (broad SMARTS) is 1. The molecule has 0 atom stereocenters. The number of carbonyl (C=O) groups excluding carboxylic acids is 3. The third-order valence-corrected chi connectivity index (χ3v) is 4.63. The first-order valence-corrected chi connectivity index (χ1v) is 8.17. The fraction of sp³-hybridized carbons (Fsp3) is 0.444. The van der Waals surface area contributed by atoms with E-state index in [-0.39, 0.29) is 23.2 Å². The molecular weight excluding hydrogens is 342 g/mol. The van der Waals surface area contributed by atoms with E-state index in [0.29, 0.717) is 12.8 Å². The van der Waals surface area contributed by atoms with Gasteiger partial charge in [0.2, 0.25) is 5.91 Å². The van der Waals surface area contributed by atoms with Gasteiger partial charge in [-0.05, 0) is 31.0 Å². The zero-order chi connectivity index (χ0) is 19.3. The number of esters is 2. The van der Waals surface area contributed by atoms with Gasteiger partial charge in [0.15, 0.2) is 0 Å². The van der Waals surface area contributed by atoms with Gasteiger partial charge in [0.05, 0.1) is 36.4 Å². The molecule has 0 saturated heterocycles. The van der Waals surface area contributed by atoms with E-state index in [4.69, 9.17) is 0 Å². The van der Waals surface area contributed by atoms with Crippen molar-refractivity contribution in [1.29, 1.82) is 0 Å². The molecule has 1 aliphatic carbocycles. The van der Waals surface area contributed by atoms with Crippen LogP contribution in [-0.4, -0.2) is 43.1 Å². The van der Waals surface area contributed by atoms with Crippen LogP contribution in [0.25, 0.3) is 0 Å². The monoisotopic (exact) mass is 363 g/mol. The van der Waals surface area contributed by atoms with Gasteiger partial charge >= 0.3 is 17.9 Å². The highest BCUT2D eigenvalue weighted by Gasteiger charge is 2.43. The summed E-state index contributed by atoms with van der Waals surface area (Å²) in [5.41, 5.74) is -0.813. The van der Waals surface area contributed by atoms with E-state index in [9.17, 15) is 24.3 Å². The van der Waals surface area contributed by atoms with E-state index >= 15 is 0 Å². The topological polar surface area (TPSA) is 119 Å². The summed E-state index contributed by atoms with van der Waals surface area (Å²) < 4.78 is 9.31. The summed E-state index contributed by atoms with van der Waals surface area (Å²) in [6.45, 7) is 0. The Balaban J connectivity index is 2.28. The first-order valence-electron chi connectivity index (χ1n) is 8.17. The van der Waals surface area contributed by atoms with Gasteiger partial charge in [-0.1, -0.05) is 12.8 Å². The summed E-state index contributed by atoms with van der Waals surface area (Å²) in [4.78, 5) is 47.6. The minimum atomic E-state index is -1.09. The van der Waals surface area contributed by atoms with Gasteiger partial charge in [-0.2, -0.15) is 0 Å². The predicted octanol–water partition coefficient (Wildman–Crippen LogP) is 2.23. The van der Waals surface area contributed by atoms with Crippen molar-refractivity contribution >= 4 is 29.5 Å². The van der Waals surface area contributed by atoms with Crippen molar-refractivity contribution in [2.75, 3.05) is 19.5 Å². The second-order valence-electron chi connectivity index (χ2n) is 6.26. The molecule has 1 aromatic carbocycles. The van der Waals surface area contributed by atoms with Crippen LogP contribution in [0.2, 0.25) is 0 Å². The lowest BCUT2D eigenvalue weighted by Crippen LogP contribution is -2.33. The summed E-state index contributed by atoms with van der Waals surface area (Å²) in [6.07, 6.45) is 2.17. The Labute approximate surface area is 150 Å². The SMILES string of the molecule is COC(=O)c1ccc(C(=O)OC)c(NC(=O)CC2(C(=O)O)CCCC2)c1. The van der Waals surface area contributed by atoms with E-state index < -0.39 is 29.2 Å². The van der Waals surface area contributed by atoms with Gasteiger partial charge in [-0.3, -0.25) is 9.59 Å². The third kappa shape index (κ3) is 4.01. The Morgan fingerprint density at radius 1 is 1.08 bits per heavy atom. The molecule has 0 unspecified atom stereocenters. The van der Waals surface area contributed by atoms with E-state index in [2.05, 4.69) is 14.8 Å². The number of ether oxygens (including phenoxy) is 2. The fourth-order valence-corrected chi connectivity index (χ4v) is 3.20. The Morgan fingerprint density at radius 3 is 2.23 bits per heavy atom. The van der Waals surface area contributed by atoms with Crippen LogP contribution < -0.4 is 5.32 Å². The zero-order valence-electron chi connectivity index (χ0n) is 14.7. The van der Waals surface area contributed by atoms with Crippen LogP contribution >= 0.6 is 0 Å². The number of carbonyl (C=O) groups is 4. The van der Waals surface area contributed by atoms with Crippen molar-refractivity contribution in [3.8, 4) is 0 Å². The zero-order valence-corrected chi connectivity index (χ0v) is 14.7. The van der Waals surface area contributed by atoms with Crippen molar-refractivity contribution in [2.45, 2.75) is 32.1 Å².